The third-order valence-corrected chi connectivity index (χ3v) is 2.28. The number of nitro groups is 1. The monoisotopic (exact) mass is 219 g/mol. The third-order valence-electron chi connectivity index (χ3n) is 2.28. The van der Waals surface area contributed by atoms with Crippen molar-refractivity contribution >= 4 is 17.3 Å². The smallest absolute Gasteiger partial charge is 0.274 e. The van der Waals surface area contributed by atoms with Crippen LogP contribution in [0.1, 0.15) is 0 Å². The maximum Gasteiger partial charge on any atom is 0.294 e. The van der Waals surface area contributed by atoms with Gasteiger partial charge < -0.3 is 0 Å². The average molecular weight is 219 g/mol. The molecule has 1 N–H and O–H groups in total. The largest absolute Gasteiger partial charge is 0.294 e. The first-order valence-corrected chi connectivity index (χ1v) is 4.59. The van der Waals surface area contributed by atoms with E-state index >= 15 is 0 Å². The molecule has 6 heteroatoms. The number of nitrogens with zero attached hydrogens (tertiary/aromatic N) is 2. The van der Waals surface area contributed by atoms with Gasteiger partial charge in [0.15, 0.2) is 0 Å². The summed E-state index contributed by atoms with van der Waals surface area (Å²) in [6.45, 7) is 3.82. The first-order chi connectivity index (χ1) is 7.59. The van der Waals surface area contributed by atoms with Crippen LogP contribution in [0.15, 0.2) is 36.4 Å². The molecule has 0 atom stereocenters. The van der Waals surface area contributed by atoms with Crippen molar-refractivity contribution in [3.05, 3.63) is 46.5 Å². The SMILES string of the molecule is C=C1CN(c2ccccc2[N+](=O)[O-])NC1=O. The number of carbonyl (C=O) groups excluding carboxylic acids is 1. The minimum atomic E-state index is -0.484. The molecular formula is C10H9N3O3. The van der Waals surface area contributed by atoms with Crippen LogP contribution in [0.4, 0.5) is 11.4 Å². The van der Waals surface area contributed by atoms with E-state index in [1.165, 1.54) is 11.1 Å². The van der Waals surface area contributed by atoms with E-state index in [2.05, 4.69) is 12.0 Å². The third kappa shape index (κ3) is 1.60. The average Bonchev–Trinajstić information content (AvgIpc) is 2.59. The summed E-state index contributed by atoms with van der Waals surface area (Å²) < 4.78 is 0. The fourth-order valence-corrected chi connectivity index (χ4v) is 1.50. The van der Waals surface area contributed by atoms with Gasteiger partial charge in [0.05, 0.1) is 11.5 Å². The number of benzene rings is 1. The van der Waals surface area contributed by atoms with Gasteiger partial charge in [-0.2, -0.15) is 0 Å². The Morgan fingerprint density at radius 1 is 1.44 bits per heavy atom. The minimum Gasteiger partial charge on any atom is -0.274 e. The summed E-state index contributed by atoms with van der Waals surface area (Å²) in [6, 6.07) is 6.23. The van der Waals surface area contributed by atoms with Crippen LogP contribution in [0.5, 0.6) is 0 Å². The van der Waals surface area contributed by atoms with E-state index in [0.717, 1.165) is 0 Å². The highest BCUT2D eigenvalue weighted by Crippen LogP contribution is 2.28. The lowest BCUT2D eigenvalue weighted by Crippen LogP contribution is -2.33. The van der Waals surface area contributed by atoms with Crippen molar-refractivity contribution < 1.29 is 9.72 Å². The summed E-state index contributed by atoms with van der Waals surface area (Å²) in [7, 11) is 0. The van der Waals surface area contributed by atoms with Gasteiger partial charge in [0.1, 0.15) is 5.69 Å². The Labute approximate surface area is 91.3 Å². The molecule has 6 nitrogen and oxygen atoms in total. The predicted molar refractivity (Wildman–Crippen MR) is 57.7 cm³/mol. The lowest BCUT2D eigenvalue weighted by atomic mass is 10.2. The fourth-order valence-electron chi connectivity index (χ4n) is 1.50. The number of para-hydroxylation sites is 2. The first-order valence-electron chi connectivity index (χ1n) is 4.59. The van der Waals surface area contributed by atoms with Crippen LogP contribution >= 0.6 is 0 Å². The normalized spacial score (nSPS) is 15.1. The number of nitrogens with one attached hydrogen (secondary N) is 1. The number of amides is 1. The molecule has 82 valence electrons. The molecule has 1 heterocycles. The molecule has 0 bridgehead atoms. The van der Waals surface area contributed by atoms with Gasteiger partial charge in [-0.15, -0.1) is 0 Å². The van der Waals surface area contributed by atoms with Crippen LogP contribution < -0.4 is 10.4 Å². The lowest BCUT2D eigenvalue weighted by Gasteiger charge is -2.16. The molecule has 0 aromatic heterocycles. The Morgan fingerprint density at radius 3 is 2.69 bits per heavy atom. The zero-order chi connectivity index (χ0) is 11.7. The number of nitro benzene ring substituents is 1. The summed E-state index contributed by atoms with van der Waals surface area (Å²) in [4.78, 5) is 21.5. The molecule has 0 aliphatic carbocycles. The first kappa shape index (κ1) is 10.2. The lowest BCUT2D eigenvalue weighted by molar-refractivity contribution is -0.384. The summed E-state index contributed by atoms with van der Waals surface area (Å²) in [5.74, 6) is -0.307. The van der Waals surface area contributed by atoms with E-state index in [9.17, 15) is 14.9 Å². The second kappa shape index (κ2) is 3.65. The molecular weight excluding hydrogens is 210 g/mol. The van der Waals surface area contributed by atoms with E-state index in [1.807, 2.05) is 0 Å². The topological polar surface area (TPSA) is 75.5 Å². The maximum absolute atomic E-state index is 11.2. The quantitative estimate of drug-likeness (QED) is 0.457. The number of anilines is 1. The van der Waals surface area contributed by atoms with Crippen molar-refractivity contribution in [2.24, 2.45) is 0 Å². The molecule has 16 heavy (non-hydrogen) atoms. The number of rotatable bonds is 2. The van der Waals surface area contributed by atoms with Gasteiger partial charge in [0.25, 0.3) is 11.6 Å². The highest BCUT2D eigenvalue weighted by atomic mass is 16.6. The highest BCUT2D eigenvalue weighted by Gasteiger charge is 2.27. The standard InChI is InChI=1S/C10H9N3O3/c1-7-6-12(11-10(7)14)8-4-2-3-5-9(8)13(15)16/h2-5H,1,6H2,(H,11,14). The summed E-state index contributed by atoms with van der Waals surface area (Å²) >= 11 is 0. The molecule has 1 aliphatic rings. The van der Waals surface area contributed by atoms with Gasteiger partial charge in [0, 0.05) is 11.6 Å². The Morgan fingerprint density at radius 2 is 2.12 bits per heavy atom. The van der Waals surface area contributed by atoms with E-state index in [0.29, 0.717) is 11.3 Å². The summed E-state index contributed by atoms with van der Waals surface area (Å²) in [5, 5.41) is 12.2. The molecule has 0 unspecified atom stereocenters. The van der Waals surface area contributed by atoms with Crippen LogP contribution in [-0.4, -0.2) is 17.4 Å². The zero-order valence-electron chi connectivity index (χ0n) is 8.34. The van der Waals surface area contributed by atoms with Crippen LogP contribution in [0.2, 0.25) is 0 Å². The Balaban J connectivity index is 2.38. The Hall–Kier alpha value is -2.37. The van der Waals surface area contributed by atoms with Gasteiger partial charge in [-0.05, 0) is 6.07 Å². The molecule has 0 radical (unpaired) electrons. The fraction of sp³-hybridized carbons (Fsp3) is 0.100. The molecule has 1 aromatic rings. The van der Waals surface area contributed by atoms with Gasteiger partial charge in [0.2, 0.25) is 0 Å². The Bertz CT molecular complexity index is 468. The predicted octanol–water partition coefficient (Wildman–Crippen LogP) is 1.00. The van der Waals surface area contributed by atoms with E-state index in [4.69, 9.17) is 0 Å². The number of hydrogen-bond acceptors (Lipinski definition) is 4. The van der Waals surface area contributed by atoms with E-state index in [-0.39, 0.29) is 18.1 Å². The van der Waals surface area contributed by atoms with Gasteiger partial charge in [-0.1, -0.05) is 18.7 Å². The van der Waals surface area contributed by atoms with E-state index < -0.39 is 4.92 Å². The molecule has 1 fully saturated rings. The van der Waals surface area contributed by atoms with Crippen molar-refractivity contribution in [3.8, 4) is 0 Å². The van der Waals surface area contributed by atoms with Crippen LogP contribution in [0.3, 0.4) is 0 Å². The second-order valence-electron chi connectivity index (χ2n) is 3.38. The Kier molecular flexibility index (Phi) is 2.32. The summed E-state index contributed by atoms with van der Waals surface area (Å²) in [6.07, 6.45) is 0. The van der Waals surface area contributed by atoms with Crippen molar-refractivity contribution in [2.75, 3.05) is 11.6 Å². The van der Waals surface area contributed by atoms with E-state index in [1.54, 1.807) is 18.2 Å². The van der Waals surface area contributed by atoms with Crippen LogP contribution in [0, 0.1) is 10.1 Å². The van der Waals surface area contributed by atoms with Crippen molar-refractivity contribution in [1.29, 1.82) is 0 Å². The van der Waals surface area contributed by atoms with Gasteiger partial charge in [-0.3, -0.25) is 25.3 Å². The highest BCUT2D eigenvalue weighted by molar-refractivity contribution is 5.98. The number of hydrogen-bond donors (Lipinski definition) is 1. The van der Waals surface area contributed by atoms with Crippen molar-refractivity contribution in [2.45, 2.75) is 0 Å². The molecule has 1 aromatic carbocycles. The molecule has 0 spiro atoms. The number of hydrazine groups is 1. The van der Waals surface area contributed by atoms with Crippen LogP contribution in [0.25, 0.3) is 0 Å². The molecule has 2 rings (SSSR count). The zero-order valence-corrected chi connectivity index (χ0v) is 8.34. The van der Waals surface area contributed by atoms with Crippen molar-refractivity contribution in [3.63, 3.8) is 0 Å². The second-order valence-corrected chi connectivity index (χ2v) is 3.38. The van der Waals surface area contributed by atoms with Gasteiger partial charge in [-0.25, -0.2) is 0 Å². The molecule has 1 amide bonds. The maximum atomic E-state index is 11.2. The van der Waals surface area contributed by atoms with Crippen molar-refractivity contribution in [1.82, 2.24) is 5.43 Å². The molecule has 1 aliphatic heterocycles. The van der Waals surface area contributed by atoms with Gasteiger partial charge >= 0.3 is 0 Å². The number of carbonyl (C=O) groups is 1. The van der Waals surface area contributed by atoms with Crippen LogP contribution in [-0.2, 0) is 4.79 Å². The molecule has 0 saturated carbocycles. The minimum absolute atomic E-state index is 0.0440. The molecule has 1 saturated heterocycles. The summed E-state index contributed by atoms with van der Waals surface area (Å²) in [5.41, 5.74) is 3.21.